The SMILES string of the molecule is N#CCCNS(=O)(=O)c1c(F)cc(F)cc1Br. The van der Waals surface area contributed by atoms with Gasteiger partial charge in [-0.25, -0.2) is 21.9 Å². The number of nitriles is 1. The van der Waals surface area contributed by atoms with Crippen LogP contribution in [0, 0.1) is 23.0 Å². The highest BCUT2D eigenvalue weighted by atomic mass is 79.9. The van der Waals surface area contributed by atoms with Crippen molar-refractivity contribution in [3.63, 3.8) is 0 Å². The van der Waals surface area contributed by atoms with Gasteiger partial charge in [-0.2, -0.15) is 5.26 Å². The fraction of sp³-hybridized carbons (Fsp3) is 0.222. The molecular formula is C9H7BrF2N2O2S. The topological polar surface area (TPSA) is 70.0 Å². The largest absolute Gasteiger partial charge is 0.244 e. The summed E-state index contributed by atoms with van der Waals surface area (Å²) < 4.78 is 51.3. The van der Waals surface area contributed by atoms with Gasteiger partial charge in [0.2, 0.25) is 10.0 Å². The number of nitrogens with one attached hydrogen (secondary N) is 1. The molecule has 0 fully saturated rings. The van der Waals surface area contributed by atoms with E-state index in [0.29, 0.717) is 6.07 Å². The minimum absolute atomic E-state index is 0.0420. The van der Waals surface area contributed by atoms with Crippen LogP contribution in [0.15, 0.2) is 21.5 Å². The van der Waals surface area contributed by atoms with Crippen LogP contribution in [0.4, 0.5) is 8.78 Å². The standard InChI is InChI=1S/C9H7BrF2N2O2S/c10-7-4-6(11)5-8(12)9(7)17(15,16)14-3-1-2-13/h4-5,14H,1,3H2. The first-order chi connectivity index (χ1) is 7.88. The van der Waals surface area contributed by atoms with Gasteiger partial charge in [0, 0.05) is 23.5 Å². The second-order valence-corrected chi connectivity index (χ2v) is 5.56. The van der Waals surface area contributed by atoms with Crippen molar-refractivity contribution in [3.8, 4) is 6.07 Å². The van der Waals surface area contributed by atoms with Gasteiger partial charge < -0.3 is 0 Å². The summed E-state index contributed by atoms with van der Waals surface area (Å²) in [6.07, 6.45) is -0.0420. The summed E-state index contributed by atoms with van der Waals surface area (Å²) >= 11 is 2.78. The van der Waals surface area contributed by atoms with E-state index in [0.717, 1.165) is 6.07 Å². The summed E-state index contributed by atoms with van der Waals surface area (Å²) in [5, 5.41) is 8.26. The van der Waals surface area contributed by atoms with E-state index in [1.165, 1.54) is 0 Å². The molecule has 0 aliphatic rings. The number of hydrogen-bond acceptors (Lipinski definition) is 3. The summed E-state index contributed by atoms with van der Waals surface area (Å²) in [4.78, 5) is -0.670. The zero-order valence-electron chi connectivity index (χ0n) is 8.37. The van der Waals surface area contributed by atoms with Gasteiger partial charge in [-0.15, -0.1) is 0 Å². The number of rotatable bonds is 4. The lowest BCUT2D eigenvalue weighted by molar-refractivity contribution is 0.541. The third-order valence-electron chi connectivity index (χ3n) is 1.76. The molecule has 17 heavy (non-hydrogen) atoms. The van der Waals surface area contributed by atoms with Crippen molar-refractivity contribution >= 4 is 26.0 Å². The molecule has 4 nitrogen and oxygen atoms in total. The Balaban J connectivity index is 3.12. The summed E-state index contributed by atoms with van der Waals surface area (Å²) in [5.41, 5.74) is 0. The number of benzene rings is 1. The van der Waals surface area contributed by atoms with Crippen LogP contribution in [0.2, 0.25) is 0 Å². The molecule has 0 atom stereocenters. The molecule has 8 heteroatoms. The first-order valence-corrected chi connectivity index (χ1v) is 6.67. The molecule has 0 aliphatic carbocycles. The quantitative estimate of drug-likeness (QED) is 0.860. The molecule has 0 aromatic heterocycles. The molecule has 0 saturated heterocycles. The Bertz CT molecular complexity index is 546. The maximum atomic E-state index is 13.4. The number of sulfonamides is 1. The minimum Gasteiger partial charge on any atom is -0.210 e. The van der Waals surface area contributed by atoms with E-state index in [2.05, 4.69) is 15.9 Å². The van der Waals surface area contributed by atoms with E-state index in [1.807, 2.05) is 4.72 Å². The van der Waals surface area contributed by atoms with Crippen molar-refractivity contribution in [2.45, 2.75) is 11.3 Å². The second kappa shape index (κ2) is 5.53. The smallest absolute Gasteiger partial charge is 0.210 e. The van der Waals surface area contributed by atoms with Gasteiger partial charge in [-0.1, -0.05) is 0 Å². The molecule has 0 heterocycles. The van der Waals surface area contributed by atoms with Crippen molar-refractivity contribution in [1.82, 2.24) is 4.72 Å². The summed E-state index contributed by atoms with van der Waals surface area (Å²) in [6.45, 7) is -0.137. The Morgan fingerprint density at radius 3 is 2.59 bits per heavy atom. The van der Waals surface area contributed by atoms with Crippen LogP contribution in [-0.2, 0) is 10.0 Å². The highest BCUT2D eigenvalue weighted by Gasteiger charge is 2.23. The van der Waals surface area contributed by atoms with Gasteiger partial charge in [-0.3, -0.25) is 0 Å². The second-order valence-electron chi connectivity index (χ2n) is 3.00. The third-order valence-corrected chi connectivity index (χ3v) is 4.19. The summed E-state index contributed by atoms with van der Waals surface area (Å²) in [5.74, 6) is -2.08. The number of hydrogen-bond donors (Lipinski definition) is 1. The van der Waals surface area contributed by atoms with Gasteiger partial charge >= 0.3 is 0 Å². The molecule has 0 aliphatic heterocycles. The first kappa shape index (κ1) is 14.0. The Morgan fingerprint density at radius 2 is 2.06 bits per heavy atom. The number of halogens is 3. The fourth-order valence-electron chi connectivity index (χ4n) is 1.10. The molecule has 1 rings (SSSR count). The molecule has 0 bridgehead atoms. The zero-order valence-corrected chi connectivity index (χ0v) is 10.8. The highest BCUT2D eigenvalue weighted by Crippen LogP contribution is 2.25. The Kier molecular flexibility index (Phi) is 4.56. The van der Waals surface area contributed by atoms with Gasteiger partial charge in [-0.05, 0) is 22.0 Å². The lowest BCUT2D eigenvalue weighted by Crippen LogP contribution is -2.26. The van der Waals surface area contributed by atoms with Crippen LogP contribution in [0.1, 0.15) is 6.42 Å². The van der Waals surface area contributed by atoms with Gasteiger partial charge in [0.1, 0.15) is 16.5 Å². The summed E-state index contributed by atoms with van der Waals surface area (Å²) in [6, 6.07) is 3.06. The average molecular weight is 325 g/mol. The molecular weight excluding hydrogens is 318 g/mol. The molecule has 1 N–H and O–H groups in total. The highest BCUT2D eigenvalue weighted by molar-refractivity contribution is 9.10. The van der Waals surface area contributed by atoms with Crippen LogP contribution in [0.5, 0.6) is 0 Å². The van der Waals surface area contributed by atoms with Gasteiger partial charge in [0.05, 0.1) is 6.07 Å². The van der Waals surface area contributed by atoms with E-state index in [4.69, 9.17) is 5.26 Å². The van der Waals surface area contributed by atoms with Crippen molar-refractivity contribution in [3.05, 3.63) is 28.2 Å². The maximum Gasteiger partial charge on any atom is 0.244 e. The van der Waals surface area contributed by atoms with Crippen LogP contribution < -0.4 is 4.72 Å². The lowest BCUT2D eigenvalue weighted by atomic mass is 10.3. The minimum atomic E-state index is -4.10. The third kappa shape index (κ3) is 3.46. The van der Waals surface area contributed by atoms with Crippen LogP contribution in [-0.4, -0.2) is 15.0 Å². The molecule has 92 valence electrons. The van der Waals surface area contributed by atoms with E-state index >= 15 is 0 Å². The monoisotopic (exact) mass is 324 g/mol. The van der Waals surface area contributed by atoms with Crippen LogP contribution >= 0.6 is 15.9 Å². The Hall–Kier alpha value is -1.04. The molecule has 0 unspecified atom stereocenters. The Labute approximate surface area is 105 Å². The molecule has 0 spiro atoms. The molecule has 1 aromatic rings. The van der Waals surface area contributed by atoms with E-state index in [1.54, 1.807) is 6.07 Å². The van der Waals surface area contributed by atoms with Crippen LogP contribution in [0.3, 0.4) is 0 Å². The average Bonchev–Trinajstić information content (AvgIpc) is 2.15. The fourth-order valence-corrected chi connectivity index (χ4v) is 3.29. The van der Waals surface area contributed by atoms with Crippen molar-refractivity contribution in [1.29, 1.82) is 5.26 Å². The first-order valence-electron chi connectivity index (χ1n) is 4.39. The molecule has 1 aromatic carbocycles. The van der Waals surface area contributed by atoms with E-state index in [-0.39, 0.29) is 17.4 Å². The molecule has 0 saturated carbocycles. The Morgan fingerprint density at radius 1 is 1.41 bits per heavy atom. The zero-order chi connectivity index (χ0) is 13.1. The molecule has 0 amide bonds. The maximum absolute atomic E-state index is 13.4. The summed E-state index contributed by atoms with van der Waals surface area (Å²) in [7, 11) is -4.10. The predicted molar refractivity (Wildman–Crippen MR) is 59.5 cm³/mol. The van der Waals surface area contributed by atoms with Crippen LogP contribution in [0.25, 0.3) is 0 Å². The predicted octanol–water partition coefficient (Wildman–Crippen LogP) is 1.92. The molecule has 0 radical (unpaired) electrons. The normalized spacial score (nSPS) is 11.2. The van der Waals surface area contributed by atoms with Gasteiger partial charge in [0.25, 0.3) is 0 Å². The van der Waals surface area contributed by atoms with Crippen molar-refractivity contribution in [2.75, 3.05) is 6.54 Å². The van der Waals surface area contributed by atoms with Crippen molar-refractivity contribution in [2.24, 2.45) is 0 Å². The van der Waals surface area contributed by atoms with Crippen molar-refractivity contribution < 1.29 is 17.2 Å². The lowest BCUT2D eigenvalue weighted by Gasteiger charge is -2.08. The van der Waals surface area contributed by atoms with Gasteiger partial charge in [0.15, 0.2) is 0 Å². The van der Waals surface area contributed by atoms with E-state index in [9.17, 15) is 17.2 Å². The number of nitrogens with zero attached hydrogens (tertiary/aromatic N) is 1. The van der Waals surface area contributed by atoms with E-state index < -0.39 is 26.6 Å².